The number of hydrogen-bond acceptors (Lipinski definition) is 11. The molecule has 4 heterocycles. The molecule has 6 amide bonds. The van der Waals surface area contributed by atoms with Crippen molar-refractivity contribution in [2.75, 3.05) is 76.3 Å². The molecule has 0 unspecified atom stereocenters. The summed E-state index contributed by atoms with van der Waals surface area (Å²) in [6.45, 7) is 17.7. The second kappa shape index (κ2) is 24.7. The Kier molecular flexibility index (Phi) is 17.9. The number of halogens is 1. The number of ether oxygens (including phenoxy) is 1. The van der Waals surface area contributed by atoms with Crippen molar-refractivity contribution in [3.8, 4) is 0 Å². The number of carbonyl (C=O) groups excluding carboxylic acids is 6. The average Bonchev–Trinajstić information content (AvgIpc) is 3.76. The molecule has 0 saturated carbocycles. The van der Waals surface area contributed by atoms with Gasteiger partial charge in [0.05, 0.1) is 43.8 Å². The lowest BCUT2D eigenvalue weighted by molar-refractivity contribution is -0.147. The molecule has 9 rings (SSSR count). The third kappa shape index (κ3) is 13.1. The van der Waals surface area contributed by atoms with Crippen LogP contribution in [0.5, 0.6) is 0 Å². The van der Waals surface area contributed by atoms with Crippen molar-refractivity contribution in [1.82, 2.24) is 41.3 Å². The van der Waals surface area contributed by atoms with Crippen LogP contribution in [0.2, 0.25) is 0 Å². The van der Waals surface area contributed by atoms with Gasteiger partial charge in [-0.2, -0.15) is 0 Å². The molecule has 0 aromatic heterocycles. The SMILES string of the molecule is CN[C@@H](C)C(=O)N[C@H](C(=O)N1Cc2cc(NC(=O)CNC(=O)[C@@]3(C)CN(C(=O)CN4C[C@@H](C)NC[C@@H]4CN4CCOC[C@H]4C)c4cc(Cc5ccc(F)cc5)ccc43)ccc2C[C@H]1C(=O)N[C@@H]1CCCc2ccccc21)C(C)(C)C. The Bertz CT molecular complexity index is 2950. The van der Waals surface area contributed by atoms with Crippen LogP contribution in [0.25, 0.3) is 0 Å². The highest BCUT2D eigenvalue weighted by Crippen LogP contribution is 2.42. The van der Waals surface area contributed by atoms with Crippen LogP contribution in [-0.4, -0.2) is 152 Å². The van der Waals surface area contributed by atoms with Crippen molar-refractivity contribution in [3.05, 3.63) is 130 Å². The van der Waals surface area contributed by atoms with Crippen LogP contribution in [0.4, 0.5) is 15.8 Å². The zero-order chi connectivity index (χ0) is 57.0. The smallest absolute Gasteiger partial charge is 0.246 e. The zero-order valence-electron chi connectivity index (χ0n) is 47.8. The lowest BCUT2D eigenvalue weighted by atomic mass is 9.83. The highest BCUT2D eigenvalue weighted by atomic mass is 19.1. The first-order valence-electron chi connectivity index (χ1n) is 28.5. The Morgan fingerprint density at radius 3 is 2.42 bits per heavy atom. The van der Waals surface area contributed by atoms with Gasteiger partial charge >= 0.3 is 0 Å². The Morgan fingerprint density at radius 1 is 0.912 bits per heavy atom. The largest absolute Gasteiger partial charge is 0.379 e. The molecule has 4 aromatic carbocycles. The first kappa shape index (κ1) is 58.1. The topological polar surface area (TPSA) is 197 Å². The Morgan fingerprint density at radius 2 is 1.68 bits per heavy atom. The maximum atomic E-state index is 14.9. The van der Waals surface area contributed by atoms with E-state index in [0.29, 0.717) is 43.1 Å². The number of anilines is 2. The second-order valence-electron chi connectivity index (χ2n) is 24.1. The number of aryl methyl sites for hydroxylation is 1. The zero-order valence-corrected chi connectivity index (χ0v) is 47.8. The number of carbonyl (C=O) groups is 6. The highest BCUT2D eigenvalue weighted by molar-refractivity contribution is 6.04. The van der Waals surface area contributed by atoms with E-state index in [1.165, 1.54) is 17.7 Å². The highest BCUT2D eigenvalue weighted by Gasteiger charge is 2.48. The summed E-state index contributed by atoms with van der Waals surface area (Å²) in [5.74, 6) is -2.39. The molecular formula is C62H81FN10O7. The molecule has 4 aliphatic heterocycles. The number of fused-ring (bicyclic) bond motifs is 3. The Balaban J connectivity index is 0.915. The number of nitrogens with one attached hydrogen (secondary N) is 6. The van der Waals surface area contributed by atoms with Crippen molar-refractivity contribution >= 4 is 46.8 Å². The molecule has 0 bridgehead atoms. The fourth-order valence-corrected chi connectivity index (χ4v) is 12.2. The number of nitrogens with zero attached hydrogens (tertiary/aromatic N) is 4. The molecule has 2 saturated heterocycles. The van der Waals surface area contributed by atoms with Gasteiger partial charge in [0.2, 0.25) is 35.4 Å². The third-order valence-electron chi connectivity index (χ3n) is 17.1. The quantitative estimate of drug-likeness (QED) is 0.0907. The van der Waals surface area contributed by atoms with Crippen LogP contribution in [-0.2, 0) is 64.7 Å². The van der Waals surface area contributed by atoms with E-state index < -0.39 is 46.7 Å². The van der Waals surface area contributed by atoms with E-state index in [-0.39, 0.29) is 80.3 Å². The molecule has 4 aromatic rings. The third-order valence-corrected chi connectivity index (χ3v) is 17.1. The van der Waals surface area contributed by atoms with Gasteiger partial charge in [0.25, 0.3) is 0 Å². The lowest BCUT2D eigenvalue weighted by Crippen LogP contribution is -2.62. The van der Waals surface area contributed by atoms with Crippen LogP contribution >= 0.6 is 0 Å². The number of morpholine rings is 1. The fourth-order valence-electron chi connectivity index (χ4n) is 12.2. The predicted molar refractivity (Wildman–Crippen MR) is 306 cm³/mol. The number of benzene rings is 4. The minimum Gasteiger partial charge on any atom is -0.379 e. The second-order valence-corrected chi connectivity index (χ2v) is 24.1. The first-order chi connectivity index (χ1) is 38.2. The Hall–Kier alpha value is -6.57. The molecule has 80 heavy (non-hydrogen) atoms. The van der Waals surface area contributed by atoms with E-state index in [1.807, 2.05) is 63.2 Å². The summed E-state index contributed by atoms with van der Waals surface area (Å²) in [5.41, 5.74) is 5.41. The van der Waals surface area contributed by atoms with Gasteiger partial charge in [-0.15, -0.1) is 0 Å². The van der Waals surface area contributed by atoms with Crippen LogP contribution in [0.3, 0.4) is 0 Å². The molecule has 8 atom stereocenters. The molecule has 2 fully saturated rings. The van der Waals surface area contributed by atoms with Gasteiger partial charge in [-0.3, -0.25) is 38.6 Å². The molecule has 0 spiro atoms. The minimum atomic E-state index is -1.22. The van der Waals surface area contributed by atoms with Gasteiger partial charge in [-0.25, -0.2) is 4.39 Å². The summed E-state index contributed by atoms with van der Waals surface area (Å²) < 4.78 is 19.6. The van der Waals surface area contributed by atoms with E-state index in [0.717, 1.165) is 66.7 Å². The van der Waals surface area contributed by atoms with Gasteiger partial charge in [-0.1, -0.05) is 75.4 Å². The van der Waals surface area contributed by atoms with Gasteiger partial charge in [-0.05, 0) is 135 Å². The summed E-state index contributed by atoms with van der Waals surface area (Å²) in [6.07, 6.45) is 3.31. The van der Waals surface area contributed by atoms with Crippen LogP contribution < -0.4 is 36.8 Å². The van der Waals surface area contributed by atoms with Crippen molar-refractivity contribution in [3.63, 3.8) is 0 Å². The van der Waals surface area contributed by atoms with E-state index in [9.17, 15) is 33.2 Å². The van der Waals surface area contributed by atoms with E-state index in [1.54, 1.807) is 55.0 Å². The standard InChI is InChI=1S/C62H81FN10O7/c1-38-32-71(48(30-65-38)34-70-24-25-80-36-39(70)2)35-55(75)73-37-62(7,50-23-18-42(27-52(50)73)26-41-16-20-46(63)21-17-41)60(79)66-31-54(74)67-47-22-19-44-29-53(58(77)68-51-15-11-13-43-12-9-10-14-49(43)51)72(33-45(44)28-47)59(78)56(61(4,5)6)69-57(76)40(3)64-8/h9-10,12,14,16-23,27-28,38-40,48,51,53,56,64-65H,11,13,15,24-26,29-37H2,1-8H3,(H,66,79)(H,67,74)(H,68,77)(H,69,76)/t38-,39-,40+,48-,51-,53+,56-,62+/m1/s1. The summed E-state index contributed by atoms with van der Waals surface area (Å²) in [5, 5.41) is 18.6. The molecule has 18 heteroatoms. The van der Waals surface area contributed by atoms with Gasteiger partial charge < -0.3 is 46.4 Å². The average molecular weight is 1100 g/mol. The molecule has 6 N–H and O–H groups in total. The first-order valence-corrected chi connectivity index (χ1v) is 28.5. The number of amides is 6. The fraction of sp³-hybridized carbons (Fsp3) is 0.516. The summed E-state index contributed by atoms with van der Waals surface area (Å²) in [7, 11) is 1.67. The maximum Gasteiger partial charge on any atom is 0.246 e. The molecule has 5 aliphatic rings. The van der Waals surface area contributed by atoms with Crippen molar-refractivity contribution in [1.29, 1.82) is 0 Å². The normalized spacial score (nSPS) is 23.9. The van der Waals surface area contributed by atoms with E-state index in [4.69, 9.17) is 4.74 Å². The van der Waals surface area contributed by atoms with Crippen LogP contribution in [0, 0.1) is 11.2 Å². The molecule has 1 aliphatic carbocycles. The van der Waals surface area contributed by atoms with Crippen molar-refractivity contribution in [2.24, 2.45) is 5.41 Å². The lowest BCUT2D eigenvalue weighted by Gasteiger charge is -2.43. The van der Waals surface area contributed by atoms with Crippen molar-refractivity contribution in [2.45, 2.75) is 135 Å². The Labute approximate surface area is 470 Å². The summed E-state index contributed by atoms with van der Waals surface area (Å²) in [4.78, 5) is 94.1. The minimum absolute atomic E-state index is 0.0397. The number of likely N-dealkylation sites (N-methyl/N-ethyl adjacent to an activating group) is 1. The van der Waals surface area contributed by atoms with Gasteiger partial charge in [0, 0.05) is 75.2 Å². The van der Waals surface area contributed by atoms with Gasteiger partial charge in [0.15, 0.2) is 0 Å². The maximum absolute atomic E-state index is 14.9. The number of rotatable bonds is 16. The van der Waals surface area contributed by atoms with Crippen LogP contribution in [0.15, 0.2) is 84.9 Å². The van der Waals surface area contributed by atoms with Crippen LogP contribution in [0.1, 0.15) is 106 Å². The van der Waals surface area contributed by atoms with E-state index in [2.05, 4.69) is 61.6 Å². The molecule has 428 valence electrons. The summed E-state index contributed by atoms with van der Waals surface area (Å²) >= 11 is 0. The molecule has 0 radical (unpaired) electrons. The van der Waals surface area contributed by atoms with E-state index >= 15 is 0 Å². The van der Waals surface area contributed by atoms with Gasteiger partial charge in [0.1, 0.15) is 17.9 Å². The summed E-state index contributed by atoms with van der Waals surface area (Å²) in [6, 6.07) is 23.5. The monoisotopic (exact) mass is 1100 g/mol. The molecule has 17 nitrogen and oxygen atoms in total. The number of hydrogen-bond donors (Lipinski definition) is 6. The molecular weight excluding hydrogens is 1020 g/mol. The van der Waals surface area contributed by atoms with Crippen molar-refractivity contribution < 1.29 is 37.9 Å². The predicted octanol–water partition coefficient (Wildman–Crippen LogP) is 4.74. The number of piperazine rings is 1.